The fraction of sp³-hybridized carbons (Fsp3) is 0.500. The van der Waals surface area contributed by atoms with Crippen LogP contribution in [0.2, 0.25) is 6.32 Å². The first-order valence-electron chi connectivity index (χ1n) is 9.32. The Balaban J connectivity index is 2.63. The average Bonchev–Trinajstić information content (AvgIpc) is 2.53. The van der Waals surface area contributed by atoms with E-state index in [1.165, 1.54) is 36.0 Å². The van der Waals surface area contributed by atoms with E-state index in [4.69, 9.17) is 4.74 Å². The van der Waals surface area contributed by atoms with Crippen molar-refractivity contribution in [1.82, 2.24) is 0 Å². The molecule has 136 valence electrons. The van der Waals surface area contributed by atoms with Crippen LogP contribution in [0.3, 0.4) is 0 Å². The van der Waals surface area contributed by atoms with E-state index in [9.17, 15) is 4.79 Å². The van der Waals surface area contributed by atoms with Gasteiger partial charge in [0.25, 0.3) is 5.97 Å². The van der Waals surface area contributed by atoms with Gasteiger partial charge < -0.3 is 4.74 Å². The zero-order valence-electron chi connectivity index (χ0n) is 16.8. The first-order valence-corrected chi connectivity index (χ1v) is 9.32. The molecule has 1 aliphatic rings. The quantitative estimate of drug-likeness (QED) is 0.366. The Morgan fingerprint density at radius 1 is 1.24 bits per heavy atom. The fourth-order valence-corrected chi connectivity index (χ4v) is 3.07. The number of hydrogen-bond donors (Lipinski definition) is 0. The number of rotatable bonds is 7. The summed E-state index contributed by atoms with van der Waals surface area (Å²) in [6.07, 6.45) is 16.8. The molecule has 0 fully saturated rings. The van der Waals surface area contributed by atoms with E-state index in [1.54, 1.807) is 7.85 Å². The Morgan fingerprint density at radius 2 is 1.96 bits per heavy atom. The van der Waals surface area contributed by atoms with Crippen LogP contribution in [0.4, 0.5) is 0 Å². The third-order valence-electron chi connectivity index (χ3n) is 4.71. The van der Waals surface area contributed by atoms with E-state index in [0.29, 0.717) is 12.9 Å². The molecule has 0 spiro atoms. The molecule has 0 saturated carbocycles. The number of ether oxygens (including phenoxy) is 1. The van der Waals surface area contributed by atoms with Crippen molar-refractivity contribution in [2.45, 2.75) is 60.2 Å². The summed E-state index contributed by atoms with van der Waals surface area (Å²) in [6, 6.07) is 0. The monoisotopic (exact) mass is 340 g/mol. The number of carbonyl (C=O) groups excluding carboxylic acids is 1. The second kappa shape index (κ2) is 10.3. The molecule has 0 aromatic rings. The lowest BCUT2D eigenvalue weighted by Crippen LogP contribution is -2.19. The molecule has 0 heterocycles. The van der Waals surface area contributed by atoms with Crippen LogP contribution in [0.25, 0.3) is 0 Å². The number of carbonyl (C=O) groups is 1. The lowest BCUT2D eigenvalue weighted by atomic mass is 9.72. The lowest BCUT2D eigenvalue weighted by molar-refractivity contribution is -0.139. The maximum atomic E-state index is 11.1. The summed E-state index contributed by atoms with van der Waals surface area (Å²) in [5.74, 6) is -0.163. The topological polar surface area (TPSA) is 26.3 Å². The minimum Gasteiger partial charge on any atom is -0.462 e. The average molecular weight is 340 g/mol. The Labute approximate surface area is 154 Å². The van der Waals surface area contributed by atoms with Gasteiger partial charge in [-0.3, -0.25) is 4.79 Å². The largest absolute Gasteiger partial charge is 0.462 e. The molecule has 1 rings (SSSR count). The van der Waals surface area contributed by atoms with Gasteiger partial charge in [0.1, 0.15) is 14.5 Å². The second-order valence-corrected chi connectivity index (χ2v) is 7.52. The Kier molecular flexibility index (Phi) is 8.75. The normalized spacial score (nSPS) is 19.1. The van der Waals surface area contributed by atoms with Crippen LogP contribution >= 0.6 is 0 Å². The molecule has 2 nitrogen and oxygen atoms in total. The van der Waals surface area contributed by atoms with E-state index < -0.39 is 0 Å². The van der Waals surface area contributed by atoms with Gasteiger partial charge in [-0.05, 0) is 57.1 Å². The minimum absolute atomic E-state index is 0.163. The second-order valence-electron chi connectivity index (χ2n) is 7.52. The van der Waals surface area contributed by atoms with E-state index in [0.717, 1.165) is 5.57 Å². The van der Waals surface area contributed by atoms with Gasteiger partial charge >= 0.3 is 0 Å². The molecule has 0 amide bonds. The summed E-state index contributed by atoms with van der Waals surface area (Å²) in [5, 5.41) is 0. The maximum absolute atomic E-state index is 11.1. The molecule has 0 bridgehead atoms. The van der Waals surface area contributed by atoms with E-state index in [2.05, 4.69) is 45.9 Å². The van der Waals surface area contributed by atoms with Crippen molar-refractivity contribution in [1.29, 1.82) is 0 Å². The Bertz CT molecular complexity index is 616. The molecule has 1 aliphatic carbocycles. The van der Waals surface area contributed by atoms with Crippen molar-refractivity contribution < 1.29 is 9.53 Å². The number of hydrogen-bond acceptors (Lipinski definition) is 2. The summed E-state index contributed by atoms with van der Waals surface area (Å²) in [4.78, 5) is 11.1. The minimum atomic E-state index is -0.163. The lowest BCUT2D eigenvalue weighted by Gasteiger charge is -2.32. The van der Waals surface area contributed by atoms with Crippen molar-refractivity contribution in [3.05, 3.63) is 58.7 Å². The van der Waals surface area contributed by atoms with Gasteiger partial charge in [0.15, 0.2) is 0 Å². The highest BCUT2D eigenvalue weighted by Gasteiger charge is 2.26. The summed E-state index contributed by atoms with van der Waals surface area (Å²) in [5.41, 5.74) is 5.61. The van der Waals surface area contributed by atoms with Crippen LogP contribution in [-0.4, -0.2) is 20.4 Å². The third kappa shape index (κ3) is 7.77. The van der Waals surface area contributed by atoms with Crippen molar-refractivity contribution in [2.24, 2.45) is 5.41 Å². The predicted octanol–water partition coefficient (Wildman–Crippen LogP) is 5.11. The van der Waals surface area contributed by atoms with Crippen molar-refractivity contribution in [2.75, 3.05) is 6.61 Å². The van der Waals surface area contributed by atoms with E-state index in [-0.39, 0.29) is 11.4 Å². The van der Waals surface area contributed by atoms with Crippen LogP contribution in [0.15, 0.2) is 58.7 Å². The molecule has 0 aromatic carbocycles. The van der Waals surface area contributed by atoms with Gasteiger partial charge in [0, 0.05) is 6.32 Å². The molecular formula is C22H33BO2. The molecule has 0 atom stereocenters. The van der Waals surface area contributed by atoms with Crippen molar-refractivity contribution in [3.8, 4) is 0 Å². The molecule has 3 heteroatoms. The van der Waals surface area contributed by atoms with Crippen LogP contribution in [-0.2, 0) is 9.53 Å². The SMILES string of the molecule is BCC(=O)OC/C=C(C)/C=C/C=C(C)/C=C/C1=C(C)CCCC1(C)C. The number of allylic oxidation sites excluding steroid dienone is 9. The van der Waals surface area contributed by atoms with Gasteiger partial charge in [0.2, 0.25) is 0 Å². The molecule has 0 unspecified atom stereocenters. The summed E-state index contributed by atoms with van der Waals surface area (Å²) in [7, 11) is 1.80. The van der Waals surface area contributed by atoms with Crippen LogP contribution < -0.4 is 0 Å². The summed E-state index contributed by atoms with van der Waals surface area (Å²) in [6.45, 7) is 11.4. The highest BCUT2D eigenvalue weighted by atomic mass is 16.5. The van der Waals surface area contributed by atoms with Crippen molar-refractivity contribution >= 4 is 13.8 Å². The summed E-state index contributed by atoms with van der Waals surface area (Å²) >= 11 is 0. The first-order chi connectivity index (χ1) is 11.8. The highest BCUT2D eigenvalue weighted by Crippen LogP contribution is 2.40. The maximum Gasteiger partial charge on any atom is 0.298 e. The molecular weight excluding hydrogens is 307 g/mol. The number of esters is 1. The van der Waals surface area contributed by atoms with Gasteiger partial charge in [-0.15, -0.1) is 0 Å². The third-order valence-corrected chi connectivity index (χ3v) is 4.71. The van der Waals surface area contributed by atoms with Gasteiger partial charge in [0.05, 0.1) is 0 Å². The van der Waals surface area contributed by atoms with Crippen LogP contribution in [0.5, 0.6) is 0 Å². The zero-order valence-corrected chi connectivity index (χ0v) is 16.8. The van der Waals surface area contributed by atoms with Gasteiger partial charge in [-0.2, -0.15) is 0 Å². The fourth-order valence-electron chi connectivity index (χ4n) is 3.07. The molecule has 0 aromatic heterocycles. The Morgan fingerprint density at radius 3 is 2.60 bits per heavy atom. The van der Waals surface area contributed by atoms with Gasteiger partial charge in [-0.25, -0.2) is 0 Å². The van der Waals surface area contributed by atoms with E-state index >= 15 is 0 Å². The molecule has 0 saturated heterocycles. The van der Waals surface area contributed by atoms with Crippen molar-refractivity contribution in [3.63, 3.8) is 0 Å². The summed E-state index contributed by atoms with van der Waals surface area (Å²) < 4.78 is 5.04. The van der Waals surface area contributed by atoms with Crippen LogP contribution in [0.1, 0.15) is 53.9 Å². The predicted molar refractivity (Wildman–Crippen MR) is 110 cm³/mol. The standard InChI is InChI=1S/C22H33BO2/c1-17(8-6-9-18(2)13-15-25-21(24)16-23)11-12-20-19(3)10-7-14-22(20,4)5/h6,8-9,11-13H,7,10,14-16,23H2,1-5H3/b9-6+,12-11+,17-8+,18-13+. The first kappa shape index (κ1) is 21.3. The molecule has 25 heavy (non-hydrogen) atoms. The molecule has 0 aliphatic heterocycles. The Hall–Kier alpha value is -1.77. The zero-order chi connectivity index (χ0) is 18.9. The highest BCUT2D eigenvalue weighted by molar-refractivity contribution is 6.18. The smallest absolute Gasteiger partial charge is 0.298 e. The van der Waals surface area contributed by atoms with Gasteiger partial charge in [-0.1, -0.05) is 60.9 Å². The molecule has 0 radical (unpaired) electrons. The molecule has 0 N–H and O–H groups in total. The van der Waals surface area contributed by atoms with Crippen LogP contribution in [0, 0.1) is 5.41 Å². The van der Waals surface area contributed by atoms with E-state index in [1.807, 2.05) is 25.2 Å².